The molecule has 23 heavy (non-hydrogen) atoms. The second-order valence-corrected chi connectivity index (χ2v) is 6.13. The van der Waals surface area contributed by atoms with E-state index in [0.717, 1.165) is 11.3 Å². The fourth-order valence-electron chi connectivity index (χ4n) is 2.21. The van der Waals surface area contributed by atoms with Crippen molar-refractivity contribution in [1.82, 2.24) is 0 Å². The van der Waals surface area contributed by atoms with Gasteiger partial charge >= 0.3 is 0 Å². The quantitative estimate of drug-likeness (QED) is 0.731. The van der Waals surface area contributed by atoms with E-state index in [1.54, 1.807) is 0 Å². The van der Waals surface area contributed by atoms with Crippen LogP contribution in [0.25, 0.3) is 0 Å². The van der Waals surface area contributed by atoms with Gasteiger partial charge in [-0.1, -0.05) is 29.3 Å². The Morgan fingerprint density at radius 2 is 1.83 bits per heavy atom. The van der Waals surface area contributed by atoms with Crippen LogP contribution in [0.3, 0.4) is 0 Å². The van der Waals surface area contributed by atoms with Crippen molar-refractivity contribution in [3.05, 3.63) is 52.5 Å². The topological polar surface area (TPSA) is 30.5 Å². The molecule has 2 aromatic carbocycles. The normalized spacial score (nSPS) is 10.7. The van der Waals surface area contributed by atoms with E-state index >= 15 is 0 Å². The summed E-state index contributed by atoms with van der Waals surface area (Å²) in [6.07, 6.45) is 0.0447. The molecule has 0 spiro atoms. The molecular weight excluding hydrogens is 310 g/mol. The van der Waals surface area contributed by atoms with E-state index in [-0.39, 0.29) is 6.10 Å². The minimum atomic E-state index is 0.0447. The molecule has 0 unspecified atom stereocenters. The van der Waals surface area contributed by atoms with Crippen LogP contribution >= 0.6 is 11.6 Å². The SMILES string of the molecule is CCOc1cc(CNc2ccc(C)cc2)cc(Cl)c1OC(C)C. The van der Waals surface area contributed by atoms with Gasteiger partial charge in [-0.2, -0.15) is 0 Å². The molecule has 0 aliphatic rings. The molecule has 0 amide bonds. The molecule has 0 bridgehead atoms. The van der Waals surface area contributed by atoms with Gasteiger partial charge in [-0.3, -0.25) is 0 Å². The summed E-state index contributed by atoms with van der Waals surface area (Å²) in [6.45, 7) is 9.21. The Labute approximate surface area is 143 Å². The van der Waals surface area contributed by atoms with E-state index in [0.29, 0.717) is 29.7 Å². The molecule has 0 radical (unpaired) electrons. The summed E-state index contributed by atoms with van der Waals surface area (Å²) in [4.78, 5) is 0. The van der Waals surface area contributed by atoms with Gasteiger partial charge < -0.3 is 14.8 Å². The molecule has 2 rings (SSSR count). The van der Waals surface area contributed by atoms with E-state index in [9.17, 15) is 0 Å². The number of benzene rings is 2. The number of ether oxygens (including phenoxy) is 2. The number of aryl methyl sites for hydroxylation is 1. The van der Waals surface area contributed by atoms with Crippen molar-refractivity contribution < 1.29 is 9.47 Å². The third-order valence-electron chi connectivity index (χ3n) is 3.27. The summed E-state index contributed by atoms with van der Waals surface area (Å²) in [7, 11) is 0. The van der Waals surface area contributed by atoms with Gasteiger partial charge in [0, 0.05) is 12.2 Å². The summed E-state index contributed by atoms with van der Waals surface area (Å²) in [5.41, 5.74) is 3.37. The molecule has 1 N–H and O–H groups in total. The molecule has 4 heteroatoms. The van der Waals surface area contributed by atoms with Crippen molar-refractivity contribution in [3.8, 4) is 11.5 Å². The summed E-state index contributed by atoms with van der Waals surface area (Å²) in [6, 6.07) is 12.2. The molecule has 0 aliphatic heterocycles. The van der Waals surface area contributed by atoms with E-state index < -0.39 is 0 Å². The molecule has 0 atom stereocenters. The average molecular weight is 334 g/mol. The fourth-order valence-corrected chi connectivity index (χ4v) is 2.49. The molecule has 0 saturated carbocycles. The van der Waals surface area contributed by atoms with Gasteiger partial charge in [-0.25, -0.2) is 0 Å². The first-order valence-corrected chi connectivity index (χ1v) is 8.29. The first-order valence-electron chi connectivity index (χ1n) is 7.92. The molecular formula is C19H24ClNO2. The Morgan fingerprint density at radius 3 is 2.43 bits per heavy atom. The van der Waals surface area contributed by atoms with Gasteiger partial charge in [0.15, 0.2) is 11.5 Å². The summed E-state index contributed by atoms with van der Waals surface area (Å²) >= 11 is 6.38. The minimum absolute atomic E-state index is 0.0447. The maximum Gasteiger partial charge on any atom is 0.180 e. The molecule has 0 saturated heterocycles. The van der Waals surface area contributed by atoms with Crippen LogP contribution in [0.2, 0.25) is 5.02 Å². The number of hydrogen-bond donors (Lipinski definition) is 1. The van der Waals surface area contributed by atoms with Crippen LogP contribution < -0.4 is 14.8 Å². The predicted molar refractivity (Wildman–Crippen MR) is 96.9 cm³/mol. The molecule has 2 aromatic rings. The standard InChI is InChI=1S/C19H24ClNO2/c1-5-22-18-11-15(10-17(20)19(18)23-13(2)3)12-21-16-8-6-14(4)7-9-16/h6-11,13,21H,5,12H2,1-4H3. The highest BCUT2D eigenvalue weighted by atomic mass is 35.5. The summed E-state index contributed by atoms with van der Waals surface area (Å²) in [5, 5.41) is 3.96. The van der Waals surface area contributed by atoms with Gasteiger partial charge in [-0.15, -0.1) is 0 Å². The van der Waals surface area contributed by atoms with Gasteiger partial charge in [0.2, 0.25) is 0 Å². The first-order chi connectivity index (χ1) is 11.0. The van der Waals surface area contributed by atoms with Crippen LogP contribution in [0.5, 0.6) is 11.5 Å². The lowest BCUT2D eigenvalue weighted by molar-refractivity contribution is 0.224. The van der Waals surface area contributed by atoms with E-state index in [1.807, 2.05) is 32.9 Å². The van der Waals surface area contributed by atoms with Crippen LogP contribution in [0, 0.1) is 6.92 Å². The zero-order valence-corrected chi connectivity index (χ0v) is 14.9. The monoisotopic (exact) mass is 333 g/mol. The first kappa shape index (κ1) is 17.5. The van der Waals surface area contributed by atoms with Gasteiger partial charge in [0.1, 0.15) is 0 Å². The van der Waals surface area contributed by atoms with Crippen molar-refractivity contribution in [2.75, 3.05) is 11.9 Å². The van der Waals surface area contributed by atoms with E-state index in [4.69, 9.17) is 21.1 Å². The predicted octanol–water partition coefficient (Wildman–Crippen LogP) is 5.45. The number of rotatable bonds is 7. The fraction of sp³-hybridized carbons (Fsp3) is 0.368. The van der Waals surface area contributed by atoms with Crippen LogP contribution in [-0.2, 0) is 6.54 Å². The van der Waals surface area contributed by atoms with Gasteiger partial charge in [0.05, 0.1) is 17.7 Å². The molecule has 0 aromatic heterocycles. The third kappa shape index (κ3) is 5.07. The largest absolute Gasteiger partial charge is 0.490 e. The molecule has 3 nitrogen and oxygen atoms in total. The number of hydrogen-bond acceptors (Lipinski definition) is 3. The molecule has 0 fully saturated rings. The smallest absolute Gasteiger partial charge is 0.180 e. The van der Waals surface area contributed by atoms with Crippen molar-refractivity contribution >= 4 is 17.3 Å². The van der Waals surface area contributed by atoms with Gasteiger partial charge in [-0.05, 0) is 57.5 Å². The van der Waals surface area contributed by atoms with Crippen LogP contribution in [0.1, 0.15) is 31.9 Å². The third-order valence-corrected chi connectivity index (χ3v) is 3.55. The highest BCUT2D eigenvalue weighted by Crippen LogP contribution is 2.37. The lowest BCUT2D eigenvalue weighted by Gasteiger charge is -2.17. The summed E-state index contributed by atoms with van der Waals surface area (Å²) in [5.74, 6) is 1.30. The second kappa shape index (κ2) is 8.11. The zero-order valence-electron chi connectivity index (χ0n) is 14.2. The van der Waals surface area contributed by atoms with Crippen molar-refractivity contribution in [2.45, 2.75) is 40.3 Å². The molecule has 0 heterocycles. The highest BCUT2D eigenvalue weighted by molar-refractivity contribution is 6.32. The molecule has 0 aliphatic carbocycles. The number of nitrogens with one attached hydrogen (secondary N) is 1. The lowest BCUT2D eigenvalue weighted by atomic mass is 10.1. The zero-order chi connectivity index (χ0) is 16.8. The summed E-state index contributed by atoms with van der Waals surface area (Å²) < 4.78 is 11.5. The Morgan fingerprint density at radius 1 is 1.13 bits per heavy atom. The number of anilines is 1. The Bertz CT molecular complexity index is 639. The van der Waals surface area contributed by atoms with Gasteiger partial charge in [0.25, 0.3) is 0 Å². The average Bonchev–Trinajstić information content (AvgIpc) is 2.50. The van der Waals surface area contributed by atoms with E-state index in [1.165, 1.54) is 5.56 Å². The van der Waals surface area contributed by atoms with Crippen molar-refractivity contribution in [2.24, 2.45) is 0 Å². The lowest BCUT2D eigenvalue weighted by Crippen LogP contribution is -2.09. The Kier molecular flexibility index (Phi) is 6.17. The van der Waals surface area contributed by atoms with Crippen LogP contribution in [-0.4, -0.2) is 12.7 Å². The Balaban J connectivity index is 2.17. The highest BCUT2D eigenvalue weighted by Gasteiger charge is 2.14. The van der Waals surface area contributed by atoms with Crippen LogP contribution in [0.15, 0.2) is 36.4 Å². The number of halogens is 1. The van der Waals surface area contributed by atoms with Crippen molar-refractivity contribution in [3.63, 3.8) is 0 Å². The van der Waals surface area contributed by atoms with E-state index in [2.05, 4.69) is 36.5 Å². The van der Waals surface area contributed by atoms with Crippen LogP contribution in [0.4, 0.5) is 5.69 Å². The Hall–Kier alpha value is -1.87. The maximum atomic E-state index is 6.38. The second-order valence-electron chi connectivity index (χ2n) is 5.72. The van der Waals surface area contributed by atoms with Crippen molar-refractivity contribution in [1.29, 1.82) is 0 Å². The maximum absolute atomic E-state index is 6.38. The minimum Gasteiger partial charge on any atom is -0.490 e. The molecule has 124 valence electrons.